The van der Waals surface area contributed by atoms with Crippen LogP contribution in [0.25, 0.3) is 0 Å². The molecule has 0 bridgehead atoms. The van der Waals surface area contributed by atoms with Crippen LogP contribution >= 0.6 is 11.6 Å². The molecule has 2 rings (SSSR count). The molecule has 0 unspecified atom stereocenters. The largest absolute Gasteiger partial charge is 0.352 e. The first-order chi connectivity index (χ1) is 8.19. The van der Waals surface area contributed by atoms with Gasteiger partial charge in [0.15, 0.2) is 0 Å². The Hall–Kier alpha value is -1.48. The summed E-state index contributed by atoms with van der Waals surface area (Å²) in [6.45, 7) is 5.75. The van der Waals surface area contributed by atoms with Crippen LogP contribution in [0.2, 0.25) is 5.02 Å². The number of benzene rings is 1. The molecule has 0 aliphatic carbocycles. The topological polar surface area (TPSA) is 29.9 Å². The predicted molar refractivity (Wildman–Crippen MR) is 71.4 cm³/mol. The summed E-state index contributed by atoms with van der Waals surface area (Å²) in [6, 6.07) is 7.84. The molecule has 0 amide bonds. The van der Waals surface area contributed by atoms with Crippen molar-refractivity contribution in [2.45, 2.75) is 26.9 Å². The van der Waals surface area contributed by atoms with Crippen LogP contribution in [0.15, 0.2) is 30.5 Å². The average molecular weight is 250 g/mol. The first-order valence-corrected chi connectivity index (χ1v) is 6.09. The summed E-state index contributed by atoms with van der Waals surface area (Å²) in [6.07, 6.45) is 2.04. The third-order valence-electron chi connectivity index (χ3n) is 2.58. The van der Waals surface area contributed by atoms with Crippen molar-refractivity contribution in [2.75, 3.05) is 5.32 Å². The van der Waals surface area contributed by atoms with E-state index >= 15 is 0 Å². The van der Waals surface area contributed by atoms with E-state index in [-0.39, 0.29) is 0 Å². The Kier molecular flexibility index (Phi) is 3.69. The second-order valence-electron chi connectivity index (χ2n) is 3.98. The average Bonchev–Trinajstić information content (AvgIpc) is 2.67. The molecule has 1 aromatic heterocycles. The highest BCUT2D eigenvalue weighted by Gasteiger charge is 2.03. The fourth-order valence-corrected chi connectivity index (χ4v) is 1.97. The fraction of sp³-hybridized carbons (Fsp3) is 0.308. The van der Waals surface area contributed by atoms with Crippen molar-refractivity contribution in [2.24, 2.45) is 0 Å². The Morgan fingerprint density at radius 2 is 2.24 bits per heavy atom. The lowest BCUT2D eigenvalue weighted by molar-refractivity contribution is 0.763. The fourth-order valence-electron chi connectivity index (χ4n) is 1.76. The van der Waals surface area contributed by atoms with Crippen molar-refractivity contribution < 1.29 is 0 Å². The van der Waals surface area contributed by atoms with E-state index < -0.39 is 0 Å². The number of rotatable bonds is 4. The zero-order chi connectivity index (χ0) is 12.3. The molecule has 4 heteroatoms. The van der Waals surface area contributed by atoms with Crippen LogP contribution in [-0.4, -0.2) is 9.55 Å². The lowest BCUT2D eigenvalue weighted by Gasteiger charge is -2.07. The molecule has 3 nitrogen and oxygen atoms in total. The van der Waals surface area contributed by atoms with Crippen molar-refractivity contribution in [1.29, 1.82) is 0 Å². The number of aryl methyl sites for hydroxylation is 2. The minimum absolute atomic E-state index is 0.733. The standard InChI is InChI=1S/C13H16ClN3/c1-3-17-9-10(2)16-13(17)15-8-11-5-4-6-12(14)7-11/h4-7,9H,3,8H2,1-2H3,(H,15,16). The van der Waals surface area contributed by atoms with Gasteiger partial charge < -0.3 is 9.88 Å². The summed E-state index contributed by atoms with van der Waals surface area (Å²) in [5.74, 6) is 0.907. The molecule has 1 aromatic carbocycles. The van der Waals surface area contributed by atoms with E-state index in [1.54, 1.807) is 0 Å². The Labute approximate surface area is 106 Å². The van der Waals surface area contributed by atoms with Crippen LogP contribution in [0.1, 0.15) is 18.2 Å². The van der Waals surface area contributed by atoms with Crippen LogP contribution in [-0.2, 0) is 13.1 Å². The highest BCUT2D eigenvalue weighted by Crippen LogP contribution is 2.13. The highest BCUT2D eigenvalue weighted by atomic mass is 35.5. The minimum Gasteiger partial charge on any atom is -0.352 e. The minimum atomic E-state index is 0.733. The first kappa shape index (κ1) is 12.0. The molecule has 0 fully saturated rings. The van der Waals surface area contributed by atoms with Gasteiger partial charge >= 0.3 is 0 Å². The van der Waals surface area contributed by atoms with E-state index in [4.69, 9.17) is 11.6 Å². The van der Waals surface area contributed by atoms with E-state index in [0.29, 0.717) is 0 Å². The van der Waals surface area contributed by atoms with Crippen molar-refractivity contribution in [3.05, 3.63) is 46.7 Å². The first-order valence-electron chi connectivity index (χ1n) is 5.71. The van der Waals surface area contributed by atoms with Gasteiger partial charge in [0.1, 0.15) is 0 Å². The summed E-state index contributed by atoms with van der Waals surface area (Å²) < 4.78 is 2.10. The second kappa shape index (κ2) is 5.23. The van der Waals surface area contributed by atoms with Gasteiger partial charge in [-0.1, -0.05) is 23.7 Å². The maximum absolute atomic E-state index is 5.94. The molecule has 90 valence electrons. The number of nitrogens with one attached hydrogen (secondary N) is 1. The van der Waals surface area contributed by atoms with Crippen LogP contribution in [0, 0.1) is 6.92 Å². The summed E-state index contributed by atoms with van der Waals surface area (Å²) in [4.78, 5) is 4.44. The summed E-state index contributed by atoms with van der Waals surface area (Å²) in [7, 11) is 0. The summed E-state index contributed by atoms with van der Waals surface area (Å²) in [5, 5.41) is 4.08. The Bertz CT molecular complexity index is 505. The van der Waals surface area contributed by atoms with E-state index in [1.165, 1.54) is 0 Å². The molecular formula is C13H16ClN3. The van der Waals surface area contributed by atoms with Gasteiger partial charge in [-0.2, -0.15) is 0 Å². The predicted octanol–water partition coefficient (Wildman–Crippen LogP) is 3.48. The normalized spacial score (nSPS) is 10.5. The molecular weight excluding hydrogens is 234 g/mol. The number of anilines is 1. The van der Waals surface area contributed by atoms with Crippen LogP contribution in [0.3, 0.4) is 0 Å². The lowest BCUT2D eigenvalue weighted by atomic mass is 10.2. The summed E-state index contributed by atoms with van der Waals surface area (Å²) >= 11 is 5.94. The van der Waals surface area contributed by atoms with Gasteiger partial charge in [0, 0.05) is 24.3 Å². The monoisotopic (exact) mass is 249 g/mol. The molecule has 17 heavy (non-hydrogen) atoms. The van der Waals surface area contributed by atoms with Crippen molar-refractivity contribution in [3.8, 4) is 0 Å². The smallest absolute Gasteiger partial charge is 0.203 e. The quantitative estimate of drug-likeness (QED) is 0.899. The van der Waals surface area contributed by atoms with Gasteiger partial charge in [0.25, 0.3) is 0 Å². The van der Waals surface area contributed by atoms with E-state index in [2.05, 4.69) is 21.8 Å². The van der Waals surface area contributed by atoms with E-state index in [9.17, 15) is 0 Å². The Balaban J connectivity index is 2.06. The maximum atomic E-state index is 5.94. The van der Waals surface area contributed by atoms with Gasteiger partial charge in [-0.3, -0.25) is 0 Å². The number of imidazole rings is 1. The van der Waals surface area contributed by atoms with E-state index in [1.807, 2.05) is 37.4 Å². The summed E-state index contributed by atoms with van der Waals surface area (Å²) in [5.41, 5.74) is 2.18. The molecule has 0 atom stereocenters. The molecule has 0 spiro atoms. The molecule has 1 N–H and O–H groups in total. The number of nitrogens with zero attached hydrogens (tertiary/aromatic N) is 2. The molecule has 1 heterocycles. The third-order valence-corrected chi connectivity index (χ3v) is 2.81. The molecule has 0 aliphatic rings. The molecule has 2 aromatic rings. The number of hydrogen-bond donors (Lipinski definition) is 1. The zero-order valence-corrected chi connectivity index (χ0v) is 10.8. The van der Waals surface area contributed by atoms with Gasteiger partial charge in [-0.05, 0) is 31.5 Å². The van der Waals surface area contributed by atoms with Crippen molar-refractivity contribution in [3.63, 3.8) is 0 Å². The molecule has 0 radical (unpaired) electrons. The number of aromatic nitrogens is 2. The maximum Gasteiger partial charge on any atom is 0.203 e. The zero-order valence-electron chi connectivity index (χ0n) is 10.1. The van der Waals surface area contributed by atoms with Crippen LogP contribution < -0.4 is 5.32 Å². The third kappa shape index (κ3) is 3.01. The lowest BCUT2D eigenvalue weighted by Crippen LogP contribution is -2.06. The van der Waals surface area contributed by atoms with Gasteiger partial charge in [-0.25, -0.2) is 4.98 Å². The number of halogens is 1. The van der Waals surface area contributed by atoms with Gasteiger partial charge in [0.05, 0.1) is 5.69 Å². The molecule has 0 saturated carbocycles. The molecule has 0 aliphatic heterocycles. The Morgan fingerprint density at radius 1 is 1.41 bits per heavy atom. The van der Waals surface area contributed by atoms with Gasteiger partial charge in [-0.15, -0.1) is 0 Å². The van der Waals surface area contributed by atoms with Gasteiger partial charge in [0.2, 0.25) is 5.95 Å². The van der Waals surface area contributed by atoms with Crippen molar-refractivity contribution in [1.82, 2.24) is 9.55 Å². The van der Waals surface area contributed by atoms with Crippen LogP contribution in [0.5, 0.6) is 0 Å². The van der Waals surface area contributed by atoms with Crippen LogP contribution in [0.4, 0.5) is 5.95 Å². The van der Waals surface area contributed by atoms with Crippen molar-refractivity contribution >= 4 is 17.5 Å². The Morgan fingerprint density at radius 3 is 2.94 bits per heavy atom. The highest BCUT2D eigenvalue weighted by molar-refractivity contribution is 6.30. The SMILES string of the molecule is CCn1cc(C)nc1NCc1cccc(Cl)c1. The molecule has 0 saturated heterocycles. The van der Waals surface area contributed by atoms with E-state index in [0.717, 1.165) is 35.3 Å². The number of hydrogen-bond acceptors (Lipinski definition) is 2. The second-order valence-corrected chi connectivity index (χ2v) is 4.41.